The fraction of sp³-hybridized carbons (Fsp3) is 0.250. The molecule has 0 fully saturated rings. The van der Waals surface area contributed by atoms with Crippen molar-refractivity contribution < 1.29 is 56.4 Å². The number of hydrogen-bond donors (Lipinski definition) is 0. The Bertz CT molecular complexity index is 505. The maximum atomic E-state index is 11.4. The van der Waals surface area contributed by atoms with Crippen molar-refractivity contribution in [2.75, 3.05) is 6.66 Å². The van der Waals surface area contributed by atoms with Crippen LogP contribution in [-0.2, 0) is 23.7 Å². The molecule has 0 saturated heterocycles. The molecule has 90 valence electrons. The quantitative estimate of drug-likeness (QED) is 0.271. The minimum atomic E-state index is -4.24. The first-order valence-electron chi connectivity index (χ1n) is 4.19. The maximum absolute atomic E-state index is 11.4. The van der Waals surface area contributed by atoms with Gasteiger partial charge in [-0.15, -0.1) is 0 Å². The van der Waals surface area contributed by atoms with E-state index in [2.05, 4.69) is 9.01 Å². The van der Waals surface area contributed by atoms with E-state index >= 15 is 0 Å². The summed E-state index contributed by atoms with van der Waals surface area (Å²) in [7, 11) is -8.45. The Kier molecular flexibility index (Phi) is 6.55. The molecule has 0 saturated carbocycles. The maximum Gasteiger partial charge on any atom is 1.00 e. The van der Waals surface area contributed by atoms with Crippen molar-refractivity contribution in [1.82, 2.24) is 0 Å². The number of hydrogen-bond acceptors (Lipinski definition) is 6. The van der Waals surface area contributed by atoms with Crippen molar-refractivity contribution >= 4 is 17.7 Å². The summed E-state index contributed by atoms with van der Waals surface area (Å²) in [5, 5.41) is 0. The van der Waals surface area contributed by atoms with Gasteiger partial charge < -0.3 is 9.46 Å². The second kappa shape index (κ2) is 6.45. The molecule has 0 heterocycles. The van der Waals surface area contributed by atoms with Crippen molar-refractivity contribution in [3.63, 3.8) is 0 Å². The van der Waals surface area contributed by atoms with Gasteiger partial charge in [0, 0.05) is 6.66 Å². The zero-order valence-electron chi connectivity index (χ0n) is 9.61. The summed E-state index contributed by atoms with van der Waals surface area (Å²) < 4.78 is 41.1. The average molecular weight is 288 g/mol. The molecule has 9 heteroatoms. The van der Waals surface area contributed by atoms with Gasteiger partial charge in [0.2, 0.25) is 0 Å². The third-order valence-corrected chi connectivity index (χ3v) is 3.11. The van der Waals surface area contributed by atoms with E-state index in [0.717, 1.165) is 5.56 Å². The fourth-order valence-corrected chi connectivity index (χ4v) is 2.15. The van der Waals surface area contributed by atoms with Crippen LogP contribution < -0.4 is 34.5 Å². The van der Waals surface area contributed by atoms with Crippen LogP contribution in [0.4, 0.5) is 0 Å². The van der Waals surface area contributed by atoms with Gasteiger partial charge >= 0.3 is 39.7 Å². The molecule has 0 aliphatic heterocycles. The Hall–Kier alpha value is 0.280. The molecular formula is C8H10NaO6PS. The zero-order valence-corrected chi connectivity index (χ0v) is 13.3. The van der Waals surface area contributed by atoms with Crippen LogP contribution in [-0.4, -0.2) is 15.1 Å². The van der Waals surface area contributed by atoms with Gasteiger partial charge in [0.25, 0.3) is 0 Å². The molecule has 0 aliphatic rings. The smallest absolute Gasteiger partial charge is 0.777 e. The second-order valence-corrected chi connectivity index (χ2v) is 6.39. The Morgan fingerprint density at radius 2 is 1.71 bits per heavy atom. The number of benzene rings is 1. The van der Waals surface area contributed by atoms with Crippen LogP contribution in [0, 0.1) is 6.92 Å². The normalized spacial score (nSPS) is 14.8. The molecule has 0 N–H and O–H groups in total. The van der Waals surface area contributed by atoms with Crippen molar-refractivity contribution in [3.05, 3.63) is 29.8 Å². The molecule has 6 nitrogen and oxygen atoms in total. The van der Waals surface area contributed by atoms with Gasteiger partial charge in [0.05, 0.1) is 4.90 Å². The van der Waals surface area contributed by atoms with Gasteiger partial charge in [-0.1, -0.05) is 22.0 Å². The van der Waals surface area contributed by atoms with Crippen molar-refractivity contribution in [3.8, 4) is 0 Å². The van der Waals surface area contributed by atoms with Crippen molar-refractivity contribution in [1.29, 1.82) is 0 Å². The Labute approximate surface area is 122 Å². The first kappa shape index (κ1) is 17.3. The van der Waals surface area contributed by atoms with Crippen LogP contribution in [0.25, 0.3) is 0 Å². The predicted octanol–water partition coefficient (Wildman–Crippen LogP) is -2.18. The molecule has 1 unspecified atom stereocenters. The first-order valence-corrected chi connectivity index (χ1v) is 7.59. The molecule has 0 radical (unpaired) electrons. The van der Waals surface area contributed by atoms with Crippen LogP contribution in [0.2, 0.25) is 0 Å². The summed E-state index contributed by atoms with van der Waals surface area (Å²) in [6.07, 6.45) is 0. The molecule has 0 aromatic heterocycles. The molecular weight excluding hydrogens is 278 g/mol. The number of aryl methyl sites for hydroxylation is 1. The first-order chi connectivity index (χ1) is 7.21. The predicted molar refractivity (Wildman–Crippen MR) is 54.1 cm³/mol. The van der Waals surface area contributed by atoms with Gasteiger partial charge in [-0.05, 0) is 19.1 Å². The van der Waals surface area contributed by atoms with Crippen LogP contribution in [0.5, 0.6) is 0 Å². The van der Waals surface area contributed by atoms with Crippen molar-refractivity contribution in [2.45, 2.75) is 11.8 Å². The van der Waals surface area contributed by atoms with E-state index in [1.165, 1.54) is 12.1 Å². The summed E-state index contributed by atoms with van der Waals surface area (Å²) >= 11 is 0. The van der Waals surface area contributed by atoms with E-state index in [0.29, 0.717) is 6.66 Å². The Morgan fingerprint density at radius 3 is 2.12 bits per heavy atom. The summed E-state index contributed by atoms with van der Waals surface area (Å²) in [6, 6.07) is 5.69. The molecule has 0 aliphatic carbocycles. The molecule has 0 bridgehead atoms. The van der Waals surface area contributed by atoms with Gasteiger partial charge in [0.1, 0.15) is 0 Å². The van der Waals surface area contributed by atoms with E-state index in [1.54, 1.807) is 19.1 Å². The standard InChI is InChI=1S/C8H11O6PS.Na/c1-7-3-5-8(6-4-7)16(11,12)14-13-15(2,9)10;/h3-6H,1-2H3,(H,9,10);/q;+1/p-1. The van der Waals surface area contributed by atoms with E-state index < -0.39 is 17.7 Å². The molecule has 1 aromatic carbocycles. The number of rotatable bonds is 4. The third kappa shape index (κ3) is 6.13. The summed E-state index contributed by atoms with van der Waals surface area (Å²) in [5.74, 6) is 0. The van der Waals surface area contributed by atoms with Crippen LogP contribution >= 0.6 is 7.60 Å². The minimum Gasteiger partial charge on any atom is -0.777 e. The molecule has 1 rings (SSSR count). The third-order valence-electron chi connectivity index (χ3n) is 1.57. The van der Waals surface area contributed by atoms with E-state index in [1.807, 2.05) is 0 Å². The molecule has 1 atom stereocenters. The van der Waals surface area contributed by atoms with Gasteiger partial charge in [0.15, 0.2) is 7.60 Å². The second-order valence-electron chi connectivity index (χ2n) is 3.18. The van der Waals surface area contributed by atoms with Crippen LogP contribution in [0.3, 0.4) is 0 Å². The average Bonchev–Trinajstić information content (AvgIpc) is 2.15. The fourth-order valence-electron chi connectivity index (χ4n) is 0.840. The summed E-state index contributed by atoms with van der Waals surface area (Å²) in [4.78, 5) is 10.4. The molecule has 0 spiro atoms. The Balaban J connectivity index is 0.00000256. The molecule has 17 heavy (non-hydrogen) atoms. The van der Waals surface area contributed by atoms with E-state index in [4.69, 9.17) is 0 Å². The molecule has 0 amide bonds. The largest absolute Gasteiger partial charge is 1.00 e. The summed E-state index contributed by atoms with van der Waals surface area (Å²) in [6.45, 7) is 2.49. The van der Waals surface area contributed by atoms with E-state index in [-0.39, 0.29) is 34.5 Å². The topological polar surface area (TPSA) is 92.7 Å². The van der Waals surface area contributed by atoms with Gasteiger partial charge in [-0.25, -0.2) is 0 Å². The van der Waals surface area contributed by atoms with Crippen molar-refractivity contribution in [2.24, 2.45) is 0 Å². The minimum absolute atomic E-state index is 0. The Morgan fingerprint density at radius 1 is 1.24 bits per heavy atom. The zero-order chi connectivity index (χ0) is 12.4. The van der Waals surface area contributed by atoms with Crippen LogP contribution in [0.1, 0.15) is 5.56 Å². The molecule has 1 aromatic rings. The SMILES string of the molecule is Cc1ccc(S(=O)(=O)OOP(C)(=O)[O-])cc1.[Na+]. The van der Waals surface area contributed by atoms with Gasteiger partial charge in [-0.2, -0.15) is 13.1 Å². The van der Waals surface area contributed by atoms with Gasteiger partial charge in [-0.3, -0.25) is 0 Å². The van der Waals surface area contributed by atoms with E-state index in [9.17, 15) is 17.9 Å². The summed E-state index contributed by atoms with van der Waals surface area (Å²) in [5.41, 5.74) is 0.866. The van der Waals surface area contributed by atoms with Crippen LogP contribution in [0.15, 0.2) is 29.2 Å². The monoisotopic (exact) mass is 288 g/mol.